The number of hydrogen-bond donors (Lipinski definition) is 0. The standard InChI is InChI=1S/C21H28N4O4/c1-21(2,3)29-20(27)25-13-14-11-17(24-10-6-9-23(4)19(24)26)18(28-5)12-15(14)16(25)7-8-22/h11-12,16H,6-7,9-10,13H2,1-5H3. The molecule has 2 heterocycles. The minimum atomic E-state index is -0.628. The molecule has 2 aliphatic heterocycles. The average Bonchev–Trinajstić information content (AvgIpc) is 3.00. The second kappa shape index (κ2) is 7.82. The lowest BCUT2D eigenvalue weighted by Gasteiger charge is -2.34. The summed E-state index contributed by atoms with van der Waals surface area (Å²) in [6.07, 6.45) is 0.562. The molecule has 0 spiro atoms. The normalized spacial score (nSPS) is 19.1. The van der Waals surface area contributed by atoms with Crippen LogP contribution in [0.1, 0.15) is 50.8 Å². The molecule has 3 amide bonds. The third-order valence-corrected chi connectivity index (χ3v) is 5.15. The first-order valence-electron chi connectivity index (χ1n) is 9.76. The average molecular weight is 400 g/mol. The molecule has 29 heavy (non-hydrogen) atoms. The molecule has 1 aromatic carbocycles. The monoisotopic (exact) mass is 400 g/mol. The molecular formula is C21H28N4O4. The zero-order valence-corrected chi connectivity index (χ0v) is 17.7. The second-order valence-corrected chi connectivity index (χ2v) is 8.42. The third kappa shape index (κ3) is 4.09. The van der Waals surface area contributed by atoms with Gasteiger partial charge < -0.3 is 14.4 Å². The highest BCUT2D eigenvalue weighted by Gasteiger charge is 2.38. The summed E-state index contributed by atoms with van der Waals surface area (Å²) < 4.78 is 11.1. The quantitative estimate of drug-likeness (QED) is 0.773. The molecule has 8 heteroatoms. The molecule has 8 nitrogen and oxygen atoms in total. The summed E-state index contributed by atoms with van der Waals surface area (Å²) in [5, 5.41) is 9.31. The van der Waals surface area contributed by atoms with Crippen molar-refractivity contribution in [1.82, 2.24) is 9.80 Å². The van der Waals surface area contributed by atoms with E-state index in [2.05, 4.69) is 6.07 Å². The fraction of sp³-hybridized carbons (Fsp3) is 0.571. The van der Waals surface area contributed by atoms with Crippen LogP contribution in [0.15, 0.2) is 12.1 Å². The Bertz CT molecular complexity index is 855. The molecule has 1 fully saturated rings. The first kappa shape index (κ1) is 20.8. The summed E-state index contributed by atoms with van der Waals surface area (Å²) in [6, 6.07) is 5.43. The molecule has 0 aliphatic carbocycles. The zero-order valence-electron chi connectivity index (χ0n) is 17.7. The number of ether oxygens (including phenoxy) is 2. The summed E-state index contributed by atoms with van der Waals surface area (Å²) in [5.74, 6) is 0.557. The summed E-state index contributed by atoms with van der Waals surface area (Å²) in [4.78, 5) is 30.4. The van der Waals surface area contributed by atoms with E-state index in [1.807, 2.05) is 32.9 Å². The number of methoxy groups -OCH3 is 1. The van der Waals surface area contributed by atoms with E-state index in [9.17, 15) is 14.9 Å². The van der Waals surface area contributed by atoms with E-state index in [-0.39, 0.29) is 12.5 Å². The number of nitriles is 1. The summed E-state index contributed by atoms with van der Waals surface area (Å²) in [6.45, 7) is 7.09. The van der Waals surface area contributed by atoms with Crippen LogP contribution in [-0.4, -0.2) is 54.8 Å². The van der Waals surface area contributed by atoms with E-state index < -0.39 is 17.7 Å². The van der Waals surface area contributed by atoms with Gasteiger partial charge >= 0.3 is 12.1 Å². The van der Waals surface area contributed by atoms with Gasteiger partial charge in [-0.1, -0.05) is 0 Å². The van der Waals surface area contributed by atoms with Crippen molar-refractivity contribution in [3.63, 3.8) is 0 Å². The number of hydrogen-bond acceptors (Lipinski definition) is 5. The molecule has 1 aromatic rings. The van der Waals surface area contributed by atoms with Gasteiger partial charge in [-0.25, -0.2) is 9.59 Å². The number of urea groups is 1. The van der Waals surface area contributed by atoms with Crippen molar-refractivity contribution in [3.05, 3.63) is 23.3 Å². The Balaban J connectivity index is 1.99. The second-order valence-electron chi connectivity index (χ2n) is 8.42. The molecule has 0 bridgehead atoms. The molecule has 3 rings (SSSR count). The molecule has 1 saturated heterocycles. The Hall–Kier alpha value is -2.95. The van der Waals surface area contributed by atoms with Gasteiger partial charge in [-0.2, -0.15) is 5.26 Å². The lowest BCUT2D eigenvalue weighted by molar-refractivity contribution is 0.0175. The maximum Gasteiger partial charge on any atom is 0.411 e. The number of nitrogens with zero attached hydrogens (tertiary/aromatic N) is 4. The maximum absolute atomic E-state index is 12.7. The molecule has 1 atom stereocenters. The van der Waals surface area contributed by atoms with Crippen molar-refractivity contribution in [2.45, 2.75) is 51.8 Å². The smallest absolute Gasteiger partial charge is 0.411 e. The van der Waals surface area contributed by atoms with E-state index >= 15 is 0 Å². The van der Waals surface area contributed by atoms with Crippen molar-refractivity contribution in [2.75, 3.05) is 32.1 Å². The number of amides is 3. The number of benzene rings is 1. The third-order valence-electron chi connectivity index (χ3n) is 5.15. The van der Waals surface area contributed by atoms with Crippen molar-refractivity contribution >= 4 is 17.8 Å². The molecule has 1 unspecified atom stereocenters. The number of anilines is 1. The van der Waals surface area contributed by atoms with Gasteiger partial charge in [0.2, 0.25) is 0 Å². The highest BCUT2D eigenvalue weighted by molar-refractivity contribution is 5.94. The summed E-state index contributed by atoms with van der Waals surface area (Å²) in [5.41, 5.74) is 1.81. The van der Waals surface area contributed by atoms with Crippen LogP contribution in [0.5, 0.6) is 5.75 Å². The molecule has 0 radical (unpaired) electrons. The van der Waals surface area contributed by atoms with Crippen LogP contribution in [0.2, 0.25) is 0 Å². The Morgan fingerprint density at radius 2 is 2.03 bits per heavy atom. The van der Waals surface area contributed by atoms with Gasteiger partial charge in [0.25, 0.3) is 0 Å². The highest BCUT2D eigenvalue weighted by Crippen LogP contribution is 2.43. The number of fused-ring (bicyclic) bond motifs is 1. The molecule has 2 aliphatic rings. The van der Waals surface area contributed by atoms with Gasteiger partial charge in [-0.15, -0.1) is 0 Å². The Morgan fingerprint density at radius 3 is 2.66 bits per heavy atom. The lowest BCUT2D eigenvalue weighted by Crippen LogP contribution is -2.47. The SMILES string of the molecule is COc1cc2c(cc1N1CCCN(C)C1=O)CN(C(=O)OC(C)(C)C)C2CC#N. The maximum atomic E-state index is 12.7. The van der Waals surface area contributed by atoms with Crippen molar-refractivity contribution in [2.24, 2.45) is 0 Å². The topological polar surface area (TPSA) is 86.1 Å². The van der Waals surface area contributed by atoms with Crippen LogP contribution in [-0.2, 0) is 11.3 Å². The predicted molar refractivity (Wildman–Crippen MR) is 108 cm³/mol. The van der Waals surface area contributed by atoms with E-state index in [1.165, 1.54) is 0 Å². The van der Waals surface area contributed by atoms with E-state index in [4.69, 9.17) is 9.47 Å². The fourth-order valence-corrected chi connectivity index (χ4v) is 3.82. The molecule has 0 saturated carbocycles. The van der Waals surface area contributed by atoms with E-state index in [1.54, 1.807) is 28.9 Å². The van der Waals surface area contributed by atoms with Crippen LogP contribution in [0.3, 0.4) is 0 Å². The Morgan fingerprint density at radius 1 is 1.31 bits per heavy atom. The molecule has 156 valence electrons. The zero-order chi connectivity index (χ0) is 21.3. The molecule has 0 aromatic heterocycles. The minimum absolute atomic E-state index is 0.0786. The Labute approximate surface area is 171 Å². The van der Waals surface area contributed by atoms with Crippen LogP contribution in [0, 0.1) is 11.3 Å². The first-order valence-corrected chi connectivity index (χ1v) is 9.76. The first-order chi connectivity index (χ1) is 13.7. The summed E-state index contributed by atoms with van der Waals surface area (Å²) >= 11 is 0. The number of carbonyl (C=O) groups is 2. The summed E-state index contributed by atoms with van der Waals surface area (Å²) in [7, 11) is 3.34. The minimum Gasteiger partial charge on any atom is -0.495 e. The molecule has 0 N–H and O–H groups in total. The van der Waals surface area contributed by atoms with Crippen molar-refractivity contribution < 1.29 is 19.1 Å². The fourth-order valence-electron chi connectivity index (χ4n) is 3.82. The lowest BCUT2D eigenvalue weighted by atomic mass is 10.0. The van der Waals surface area contributed by atoms with Gasteiger partial charge in [0.1, 0.15) is 11.4 Å². The Kier molecular flexibility index (Phi) is 5.60. The van der Waals surface area contributed by atoms with E-state index in [0.29, 0.717) is 24.5 Å². The van der Waals surface area contributed by atoms with Crippen molar-refractivity contribution in [1.29, 1.82) is 5.26 Å². The predicted octanol–water partition coefficient (Wildman–Crippen LogP) is 3.66. The number of carbonyl (C=O) groups excluding carboxylic acids is 2. The van der Waals surface area contributed by atoms with Gasteiger partial charge in [-0.05, 0) is 50.5 Å². The molecular weight excluding hydrogens is 372 g/mol. The largest absolute Gasteiger partial charge is 0.495 e. The van der Waals surface area contributed by atoms with Crippen LogP contribution >= 0.6 is 0 Å². The van der Waals surface area contributed by atoms with Gasteiger partial charge in [0.05, 0.1) is 37.9 Å². The van der Waals surface area contributed by atoms with Crippen molar-refractivity contribution in [3.8, 4) is 11.8 Å². The van der Waals surface area contributed by atoms with Gasteiger partial charge in [0.15, 0.2) is 0 Å². The van der Waals surface area contributed by atoms with E-state index in [0.717, 1.165) is 24.1 Å². The van der Waals surface area contributed by atoms with Crippen LogP contribution in [0.25, 0.3) is 0 Å². The number of rotatable bonds is 3. The van der Waals surface area contributed by atoms with Crippen LogP contribution < -0.4 is 9.64 Å². The highest BCUT2D eigenvalue weighted by atomic mass is 16.6. The van der Waals surface area contributed by atoms with Gasteiger partial charge in [0, 0.05) is 20.1 Å². The van der Waals surface area contributed by atoms with Crippen LogP contribution in [0.4, 0.5) is 15.3 Å². The van der Waals surface area contributed by atoms with Gasteiger partial charge in [-0.3, -0.25) is 9.80 Å².